The Labute approximate surface area is 96.8 Å². The molecule has 0 aromatic carbocycles. The van der Waals surface area contributed by atoms with Crippen LogP contribution in [-0.4, -0.2) is 16.7 Å². The second kappa shape index (κ2) is 5.99. The largest absolute Gasteiger partial charge is 0.339 e. The van der Waals surface area contributed by atoms with Gasteiger partial charge in [-0.25, -0.2) is 0 Å². The molecule has 0 spiro atoms. The van der Waals surface area contributed by atoms with Crippen LogP contribution in [-0.2, 0) is 13.0 Å². The van der Waals surface area contributed by atoms with E-state index >= 15 is 0 Å². The normalized spacial score (nSPS) is 17.8. The first-order chi connectivity index (χ1) is 7.88. The first-order valence-corrected chi connectivity index (χ1v) is 6.40. The van der Waals surface area contributed by atoms with Crippen molar-refractivity contribution in [1.82, 2.24) is 15.5 Å². The van der Waals surface area contributed by atoms with E-state index in [4.69, 9.17) is 4.52 Å². The van der Waals surface area contributed by atoms with Crippen molar-refractivity contribution in [3.05, 3.63) is 11.7 Å². The molecule has 4 nitrogen and oxygen atoms in total. The summed E-state index contributed by atoms with van der Waals surface area (Å²) in [5.41, 5.74) is 0. The molecule has 0 atom stereocenters. The van der Waals surface area contributed by atoms with Gasteiger partial charge in [0, 0.05) is 6.42 Å². The Bertz CT molecular complexity index is 305. The molecule has 1 heterocycles. The molecule has 0 amide bonds. The summed E-state index contributed by atoms with van der Waals surface area (Å²) in [6.45, 7) is 3.72. The van der Waals surface area contributed by atoms with E-state index in [-0.39, 0.29) is 0 Å². The second-order valence-corrected chi connectivity index (χ2v) is 4.59. The molecule has 0 unspecified atom stereocenters. The van der Waals surface area contributed by atoms with Crippen molar-refractivity contribution in [3.63, 3.8) is 0 Å². The highest BCUT2D eigenvalue weighted by atomic mass is 16.5. The number of nitrogens with zero attached hydrogens (tertiary/aromatic N) is 2. The molecular formula is C12H21N3O. The van der Waals surface area contributed by atoms with Gasteiger partial charge in [0.2, 0.25) is 5.89 Å². The van der Waals surface area contributed by atoms with Crippen LogP contribution in [0.3, 0.4) is 0 Å². The van der Waals surface area contributed by atoms with Crippen molar-refractivity contribution in [2.45, 2.75) is 52.0 Å². The van der Waals surface area contributed by atoms with Crippen molar-refractivity contribution in [2.24, 2.45) is 5.92 Å². The molecule has 0 saturated heterocycles. The molecule has 16 heavy (non-hydrogen) atoms. The van der Waals surface area contributed by atoms with Gasteiger partial charge in [-0.3, -0.25) is 0 Å². The van der Waals surface area contributed by atoms with Gasteiger partial charge < -0.3 is 9.84 Å². The fraction of sp³-hybridized carbons (Fsp3) is 0.833. The highest BCUT2D eigenvalue weighted by molar-refractivity contribution is 4.88. The standard InChI is InChI=1S/C12H21N3O/c1-2-13-9-11-14-12(16-15-11)8-10-6-4-3-5-7-10/h10,13H,2-9H2,1H3. The van der Waals surface area contributed by atoms with E-state index < -0.39 is 0 Å². The van der Waals surface area contributed by atoms with Crippen LogP contribution in [0.25, 0.3) is 0 Å². The first-order valence-electron chi connectivity index (χ1n) is 6.40. The first kappa shape index (κ1) is 11.6. The Morgan fingerprint density at radius 1 is 1.31 bits per heavy atom. The number of hydrogen-bond acceptors (Lipinski definition) is 4. The molecule has 1 aliphatic rings. The molecule has 4 heteroatoms. The van der Waals surface area contributed by atoms with Gasteiger partial charge >= 0.3 is 0 Å². The molecule has 90 valence electrons. The van der Waals surface area contributed by atoms with Gasteiger partial charge in [-0.2, -0.15) is 4.98 Å². The van der Waals surface area contributed by atoms with E-state index in [0.29, 0.717) is 6.54 Å². The average molecular weight is 223 g/mol. The summed E-state index contributed by atoms with van der Waals surface area (Å²) in [6.07, 6.45) is 7.74. The number of rotatable bonds is 5. The Balaban J connectivity index is 1.81. The molecular weight excluding hydrogens is 202 g/mol. The van der Waals surface area contributed by atoms with E-state index in [0.717, 1.165) is 30.6 Å². The van der Waals surface area contributed by atoms with Crippen LogP contribution in [0.4, 0.5) is 0 Å². The van der Waals surface area contributed by atoms with Crippen molar-refractivity contribution < 1.29 is 4.52 Å². The van der Waals surface area contributed by atoms with E-state index in [1.165, 1.54) is 32.1 Å². The monoisotopic (exact) mass is 223 g/mol. The summed E-state index contributed by atoms with van der Waals surface area (Å²) in [4.78, 5) is 4.40. The predicted molar refractivity (Wildman–Crippen MR) is 62.0 cm³/mol. The zero-order valence-electron chi connectivity index (χ0n) is 10.0. The third-order valence-electron chi connectivity index (χ3n) is 3.23. The van der Waals surface area contributed by atoms with Crippen molar-refractivity contribution in [3.8, 4) is 0 Å². The lowest BCUT2D eigenvalue weighted by Gasteiger charge is -2.19. The van der Waals surface area contributed by atoms with Crippen LogP contribution in [0, 0.1) is 5.92 Å². The van der Waals surface area contributed by atoms with Gasteiger partial charge in [0.15, 0.2) is 5.82 Å². The molecule has 1 aromatic heterocycles. The third kappa shape index (κ3) is 3.30. The molecule has 1 aliphatic carbocycles. The van der Waals surface area contributed by atoms with E-state index in [9.17, 15) is 0 Å². The quantitative estimate of drug-likeness (QED) is 0.832. The molecule has 0 aliphatic heterocycles. The summed E-state index contributed by atoms with van der Waals surface area (Å²) < 4.78 is 5.26. The van der Waals surface area contributed by atoms with Crippen molar-refractivity contribution >= 4 is 0 Å². The van der Waals surface area contributed by atoms with Crippen molar-refractivity contribution in [2.75, 3.05) is 6.54 Å². The van der Waals surface area contributed by atoms with Gasteiger partial charge in [-0.05, 0) is 25.3 Å². The molecule has 1 saturated carbocycles. The Hall–Kier alpha value is -0.900. The third-order valence-corrected chi connectivity index (χ3v) is 3.23. The Kier molecular flexibility index (Phi) is 4.34. The minimum Gasteiger partial charge on any atom is -0.339 e. The maximum atomic E-state index is 5.26. The fourth-order valence-electron chi connectivity index (χ4n) is 2.32. The van der Waals surface area contributed by atoms with Gasteiger partial charge in [0.25, 0.3) is 0 Å². The van der Waals surface area contributed by atoms with Crippen LogP contribution < -0.4 is 5.32 Å². The number of nitrogens with one attached hydrogen (secondary N) is 1. The van der Waals surface area contributed by atoms with Gasteiger partial charge in [0.05, 0.1) is 6.54 Å². The van der Waals surface area contributed by atoms with Gasteiger partial charge in [0.1, 0.15) is 0 Å². The highest BCUT2D eigenvalue weighted by Gasteiger charge is 2.17. The van der Waals surface area contributed by atoms with E-state index in [2.05, 4.69) is 22.4 Å². The summed E-state index contributed by atoms with van der Waals surface area (Å²) in [6, 6.07) is 0. The summed E-state index contributed by atoms with van der Waals surface area (Å²) in [5.74, 6) is 2.37. The lowest BCUT2D eigenvalue weighted by molar-refractivity contribution is 0.303. The van der Waals surface area contributed by atoms with Crippen molar-refractivity contribution in [1.29, 1.82) is 0 Å². The zero-order valence-corrected chi connectivity index (χ0v) is 10.0. The number of aromatic nitrogens is 2. The van der Waals surface area contributed by atoms with Crippen LogP contribution in [0.5, 0.6) is 0 Å². The van der Waals surface area contributed by atoms with E-state index in [1.54, 1.807) is 0 Å². The fourth-order valence-corrected chi connectivity index (χ4v) is 2.32. The summed E-state index contributed by atoms with van der Waals surface area (Å²) in [7, 11) is 0. The Morgan fingerprint density at radius 3 is 2.88 bits per heavy atom. The van der Waals surface area contributed by atoms with Crippen LogP contribution in [0.1, 0.15) is 50.7 Å². The maximum absolute atomic E-state index is 5.26. The maximum Gasteiger partial charge on any atom is 0.226 e. The van der Waals surface area contributed by atoms with Gasteiger partial charge in [-0.1, -0.05) is 31.3 Å². The SMILES string of the molecule is CCNCc1noc(CC2CCCCC2)n1. The molecule has 1 aromatic rings. The van der Waals surface area contributed by atoms with Gasteiger partial charge in [-0.15, -0.1) is 0 Å². The van der Waals surface area contributed by atoms with E-state index in [1.807, 2.05) is 0 Å². The topological polar surface area (TPSA) is 51.0 Å². The van der Waals surface area contributed by atoms with Crippen LogP contribution in [0.2, 0.25) is 0 Å². The lowest BCUT2D eigenvalue weighted by atomic mass is 9.87. The summed E-state index contributed by atoms with van der Waals surface area (Å²) >= 11 is 0. The summed E-state index contributed by atoms with van der Waals surface area (Å²) in [5, 5.41) is 7.17. The average Bonchev–Trinajstić information content (AvgIpc) is 2.75. The molecule has 1 fully saturated rings. The molecule has 0 radical (unpaired) electrons. The smallest absolute Gasteiger partial charge is 0.226 e. The lowest BCUT2D eigenvalue weighted by Crippen LogP contribution is -2.13. The minimum atomic E-state index is 0.713. The van der Waals surface area contributed by atoms with Crippen LogP contribution >= 0.6 is 0 Å². The molecule has 2 rings (SSSR count). The zero-order chi connectivity index (χ0) is 11.2. The Morgan fingerprint density at radius 2 is 2.12 bits per heavy atom. The minimum absolute atomic E-state index is 0.713. The predicted octanol–water partition coefficient (Wildman–Crippen LogP) is 2.30. The molecule has 0 bridgehead atoms. The number of hydrogen-bond donors (Lipinski definition) is 1. The second-order valence-electron chi connectivity index (χ2n) is 4.59. The highest BCUT2D eigenvalue weighted by Crippen LogP contribution is 2.26. The molecule has 1 N–H and O–H groups in total. The van der Waals surface area contributed by atoms with Crippen LogP contribution in [0.15, 0.2) is 4.52 Å².